The molecule has 14 heavy (non-hydrogen) atoms. The van der Waals surface area contributed by atoms with Gasteiger partial charge in [-0.3, -0.25) is 0 Å². The Morgan fingerprint density at radius 1 is 1.36 bits per heavy atom. The van der Waals surface area contributed by atoms with Crippen LogP contribution in [0, 0.1) is 11.8 Å². The van der Waals surface area contributed by atoms with E-state index in [1.165, 1.54) is 0 Å². The SMILES string of the molecule is CC1CC(C)CC(OC(F)C(=O)O)C1. The molecule has 0 bridgehead atoms. The first kappa shape index (κ1) is 11.4. The summed E-state index contributed by atoms with van der Waals surface area (Å²) in [7, 11) is 0. The number of rotatable bonds is 3. The topological polar surface area (TPSA) is 46.5 Å². The lowest BCUT2D eigenvalue weighted by Crippen LogP contribution is -2.31. The fourth-order valence-electron chi connectivity index (χ4n) is 2.21. The molecular formula is C10H17FO3. The van der Waals surface area contributed by atoms with Gasteiger partial charge in [0.1, 0.15) is 0 Å². The Balaban J connectivity index is 2.40. The first-order valence-electron chi connectivity index (χ1n) is 5.01. The number of carbonyl (C=O) groups is 1. The summed E-state index contributed by atoms with van der Waals surface area (Å²) < 4.78 is 17.6. The van der Waals surface area contributed by atoms with E-state index in [2.05, 4.69) is 13.8 Å². The van der Waals surface area contributed by atoms with Gasteiger partial charge in [-0.15, -0.1) is 0 Å². The van der Waals surface area contributed by atoms with E-state index in [4.69, 9.17) is 9.84 Å². The van der Waals surface area contributed by atoms with Crippen molar-refractivity contribution in [3.63, 3.8) is 0 Å². The molecule has 0 aromatic carbocycles. The number of hydrogen-bond donors (Lipinski definition) is 1. The van der Waals surface area contributed by atoms with Crippen molar-refractivity contribution in [1.82, 2.24) is 0 Å². The molecule has 3 unspecified atom stereocenters. The quantitative estimate of drug-likeness (QED) is 0.766. The van der Waals surface area contributed by atoms with E-state index in [0.29, 0.717) is 11.8 Å². The minimum atomic E-state index is -2.17. The zero-order valence-corrected chi connectivity index (χ0v) is 8.57. The highest BCUT2D eigenvalue weighted by Gasteiger charge is 2.28. The van der Waals surface area contributed by atoms with Gasteiger partial charge in [-0.25, -0.2) is 9.18 Å². The Labute approximate surface area is 83.3 Å². The van der Waals surface area contributed by atoms with E-state index < -0.39 is 12.3 Å². The van der Waals surface area contributed by atoms with Crippen molar-refractivity contribution < 1.29 is 19.0 Å². The maximum Gasteiger partial charge on any atom is 0.366 e. The first-order valence-corrected chi connectivity index (χ1v) is 5.01. The molecule has 3 nitrogen and oxygen atoms in total. The normalized spacial score (nSPS) is 35.2. The Hall–Kier alpha value is -0.640. The third-order valence-electron chi connectivity index (χ3n) is 2.64. The van der Waals surface area contributed by atoms with Crippen LogP contribution in [0.4, 0.5) is 4.39 Å². The van der Waals surface area contributed by atoms with Crippen molar-refractivity contribution >= 4 is 5.97 Å². The minimum Gasteiger partial charge on any atom is -0.477 e. The lowest BCUT2D eigenvalue weighted by atomic mass is 9.82. The van der Waals surface area contributed by atoms with E-state index in [9.17, 15) is 9.18 Å². The van der Waals surface area contributed by atoms with Crippen molar-refractivity contribution in [2.75, 3.05) is 0 Å². The Kier molecular flexibility index (Phi) is 3.86. The van der Waals surface area contributed by atoms with Crippen LogP contribution in [0.5, 0.6) is 0 Å². The lowest BCUT2D eigenvalue weighted by Gasteiger charge is -2.31. The molecule has 1 aliphatic rings. The summed E-state index contributed by atoms with van der Waals surface area (Å²) in [5, 5.41) is 8.34. The summed E-state index contributed by atoms with van der Waals surface area (Å²) in [6.07, 6.45) is 0.234. The largest absolute Gasteiger partial charge is 0.477 e. The second kappa shape index (κ2) is 4.73. The Morgan fingerprint density at radius 3 is 2.29 bits per heavy atom. The molecule has 82 valence electrons. The van der Waals surface area contributed by atoms with E-state index in [0.717, 1.165) is 19.3 Å². The van der Waals surface area contributed by atoms with Gasteiger partial charge in [-0.2, -0.15) is 0 Å². The van der Waals surface area contributed by atoms with Crippen LogP contribution >= 0.6 is 0 Å². The van der Waals surface area contributed by atoms with Crippen molar-refractivity contribution in [1.29, 1.82) is 0 Å². The molecule has 4 heteroatoms. The molecule has 0 aliphatic heterocycles. The predicted octanol–water partition coefficient (Wildman–Crippen LogP) is 2.21. The smallest absolute Gasteiger partial charge is 0.366 e. The highest BCUT2D eigenvalue weighted by Crippen LogP contribution is 2.30. The van der Waals surface area contributed by atoms with E-state index in [1.807, 2.05) is 0 Å². The number of hydrogen-bond acceptors (Lipinski definition) is 2. The van der Waals surface area contributed by atoms with E-state index >= 15 is 0 Å². The van der Waals surface area contributed by atoms with Crippen LogP contribution in [0.25, 0.3) is 0 Å². The van der Waals surface area contributed by atoms with Gasteiger partial charge in [0, 0.05) is 0 Å². The monoisotopic (exact) mass is 204 g/mol. The standard InChI is InChI=1S/C10H17FO3/c1-6-3-7(2)5-8(4-6)14-9(11)10(12)13/h6-9H,3-5H2,1-2H3,(H,12,13). The van der Waals surface area contributed by atoms with Gasteiger partial charge in [0.2, 0.25) is 0 Å². The van der Waals surface area contributed by atoms with Crippen LogP contribution in [0.3, 0.4) is 0 Å². The van der Waals surface area contributed by atoms with Crippen LogP contribution in [0.2, 0.25) is 0 Å². The molecule has 0 amide bonds. The lowest BCUT2D eigenvalue weighted by molar-refractivity contribution is -0.174. The van der Waals surface area contributed by atoms with Gasteiger partial charge < -0.3 is 9.84 Å². The highest BCUT2D eigenvalue weighted by atomic mass is 19.1. The highest BCUT2D eigenvalue weighted by molar-refractivity contribution is 5.70. The predicted molar refractivity (Wildman–Crippen MR) is 49.6 cm³/mol. The summed E-state index contributed by atoms with van der Waals surface area (Å²) in [4.78, 5) is 10.2. The molecule has 3 atom stereocenters. The Morgan fingerprint density at radius 2 is 1.86 bits per heavy atom. The molecular weight excluding hydrogens is 187 g/mol. The molecule has 1 rings (SSSR count). The van der Waals surface area contributed by atoms with Crippen molar-refractivity contribution in [2.24, 2.45) is 11.8 Å². The number of aliphatic carboxylic acids is 1. The van der Waals surface area contributed by atoms with Crippen molar-refractivity contribution in [3.8, 4) is 0 Å². The molecule has 0 spiro atoms. The van der Waals surface area contributed by atoms with Gasteiger partial charge >= 0.3 is 5.97 Å². The summed E-state index contributed by atoms with van der Waals surface area (Å²) in [5.74, 6) is -0.551. The zero-order valence-electron chi connectivity index (χ0n) is 8.57. The van der Waals surface area contributed by atoms with Crippen LogP contribution in [-0.2, 0) is 9.53 Å². The molecule has 1 aliphatic carbocycles. The second-order valence-corrected chi connectivity index (χ2v) is 4.33. The average molecular weight is 204 g/mol. The van der Waals surface area contributed by atoms with Crippen LogP contribution in [0.1, 0.15) is 33.1 Å². The van der Waals surface area contributed by atoms with Crippen LogP contribution in [0.15, 0.2) is 0 Å². The number of ether oxygens (including phenoxy) is 1. The minimum absolute atomic E-state index is 0.236. The summed E-state index contributed by atoms with van der Waals surface area (Å²) >= 11 is 0. The average Bonchev–Trinajstić information content (AvgIpc) is 2.01. The third-order valence-corrected chi connectivity index (χ3v) is 2.64. The number of carboxylic acid groups (broad SMARTS) is 1. The summed E-state index contributed by atoms with van der Waals surface area (Å²) in [6, 6.07) is 0. The summed E-state index contributed by atoms with van der Waals surface area (Å²) in [5.41, 5.74) is 0. The molecule has 1 fully saturated rings. The maximum absolute atomic E-state index is 12.7. The fraction of sp³-hybridized carbons (Fsp3) is 0.900. The van der Waals surface area contributed by atoms with Crippen molar-refractivity contribution in [2.45, 2.75) is 45.6 Å². The van der Waals surface area contributed by atoms with Gasteiger partial charge in [0.05, 0.1) is 6.10 Å². The molecule has 0 aromatic heterocycles. The zero-order chi connectivity index (χ0) is 10.7. The van der Waals surface area contributed by atoms with Gasteiger partial charge in [-0.05, 0) is 31.1 Å². The van der Waals surface area contributed by atoms with E-state index in [1.54, 1.807) is 0 Å². The molecule has 0 aromatic rings. The van der Waals surface area contributed by atoms with Crippen LogP contribution in [-0.4, -0.2) is 23.5 Å². The number of alkyl halides is 1. The van der Waals surface area contributed by atoms with Gasteiger partial charge in [0.25, 0.3) is 6.36 Å². The third kappa shape index (κ3) is 3.25. The summed E-state index contributed by atoms with van der Waals surface area (Å²) in [6.45, 7) is 4.17. The molecule has 1 N–H and O–H groups in total. The first-order chi connectivity index (χ1) is 6.49. The second-order valence-electron chi connectivity index (χ2n) is 4.33. The van der Waals surface area contributed by atoms with Gasteiger partial charge in [-0.1, -0.05) is 13.8 Å². The van der Waals surface area contributed by atoms with Gasteiger partial charge in [0.15, 0.2) is 0 Å². The molecule has 1 saturated carbocycles. The fourth-order valence-corrected chi connectivity index (χ4v) is 2.21. The molecule has 0 heterocycles. The van der Waals surface area contributed by atoms with Crippen molar-refractivity contribution in [3.05, 3.63) is 0 Å². The van der Waals surface area contributed by atoms with E-state index in [-0.39, 0.29) is 6.10 Å². The molecule has 0 radical (unpaired) electrons. The number of halogens is 1. The van der Waals surface area contributed by atoms with Crippen LogP contribution < -0.4 is 0 Å². The molecule has 0 saturated heterocycles. The number of carboxylic acids is 1. The Bertz CT molecular complexity index is 198. The maximum atomic E-state index is 12.7.